The molecule has 0 unspecified atom stereocenters. The quantitative estimate of drug-likeness (QED) is 0.853. The summed E-state index contributed by atoms with van der Waals surface area (Å²) in [5.41, 5.74) is 0.718. The number of benzene rings is 1. The maximum atomic E-state index is 8.81. The van der Waals surface area contributed by atoms with Crippen LogP contribution in [0.1, 0.15) is 12.6 Å². The maximum Gasteiger partial charge on any atom is 0.182 e. The van der Waals surface area contributed by atoms with Gasteiger partial charge in [-0.15, -0.1) is 10.2 Å². The van der Waals surface area contributed by atoms with Crippen molar-refractivity contribution in [2.75, 3.05) is 6.61 Å². The van der Waals surface area contributed by atoms with Gasteiger partial charge < -0.3 is 4.74 Å². The Hall–Kier alpha value is -1.38. The first-order valence-corrected chi connectivity index (χ1v) is 6.02. The Morgan fingerprint density at radius 2 is 2.24 bits per heavy atom. The molecular formula is C11H7BrClN3O. The standard InChI is InChI=1S/C11H7BrClN3O/c1-2-17-10-4-8-6(3-7(10)12)11(13)9(5-14)16-15-8/h3-4H,2H2,1H3. The minimum absolute atomic E-state index is 0.121. The molecular weight excluding hydrogens is 305 g/mol. The molecule has 1 heterocycles. The Morgan fingerprint density at radius 1 is 1.47 bits per heavy atom. The summed E-state index contributed by atoms with van der Waals surface area (Å²) in [5, 5.41) is 17.5. The van der Waals surface area contributed by atoms with Crippen LogP contribution in [-0.2, 0) is 0 Å². The van der Waals surface area contributed by atoms with Crippen LogP contribution < -0.4 is 4.74 Å². The van der Waals surface area contributed by atoms with Gasteiger partial charge in [-0.3, -0.25) is 0 Å². The van der Waals surface area contributed by atoms with Crippen molar-refractivity contribution in [3.63, 3.8) is 0 Å². The van der Waals surface area contributed by atoms with Crippen molar-refractivity contribution >= 4 is 38.4 Å². The average molecular weight is 313 g/mol. The topological polar surface area (TPSA) is 58.8 Å². The van der Waals surface area contributed by atoms with Gasteiger partial charge in [0, 0.05) is 11.5 Å². The van der Waals surface area contributed by atoms with Crippen molar-refractivity contribution in [2.24, 2.45) is 0 Å². The van der Waals surface area contributed by atoms with Gasteiger partial charge in [0.1, 0.15) is 11.8 Å². The fourth-order valence-corrected chi connectivity index (χ4v) is 2.10. The number of aromatic nitrogens is 2. The largest absolute Gasteiger partial charge is 0.493 e. The summed E-state index contributed by atoms with van der Waals surface area (Å²) in [6.45, 7) is 2.45. The monoisotopic (exact) mass is 311 g/mol. The number of ether oxygens (including phenoxy) is 1. The molecule has 0 aliphatic carbocycles. The van der Waals surface area contributed by atoms with E-state index in [2.05, 4.69) is 26.1 Å². The second-order valence-electron chi connectivity index (χ2n) is 3.21. The van der Waals surface area contributed by atoms with E-state index in [0.717, 1.165) is 4.47 Å². The van der Waals surface area contributed by atoms with E-state index in [1.54, 1.807) is 12.1 Å². The Balaban J connectivity index is 2.70. The van der Waals surface area contributed by atoms with Crippen LogP contribution in [0.4, 0.5) is 0 Å². The van der Waals surface area contributed by atoms with Crippen molar-refractivity contribution < 1.29 is 4.74 Å². The van der Waals surface area contributed by atoms with Crippen molar-refractivity contribution in [3.8, 4) is 11.8 Å². The first-order valence-electron chi connectivity index (χ1n) is 4.85. The summed E-state index contributed by atoms with van der Waals surface area (Å²) in [6.07, 6.45) is 0. The third kappa shape index (κ3) is 2.19. The highest BCUT2D eigenvalue weighted by atomic mass is 79.9. The molecule has 86 valence electrons. The van der Waals surface area contributed by atoms with Crippen LogP contribution in [0, 0.1) is 11.3 Å². The van der Waals surface area contributed by atoms with E-state index in [4.69, 9.17) is 21.6 Å². The maximum absolute atomic E-state index is 8.81. The molecule has 0 aliphatic heterocycles. The van der Waals surface area contributed by atoms with E-state index in [-0.39, 0.29) is 5.69 Å². The van der Waals surface area contributed by atoms with Gasteiger partial charge in [0.15, 0.2) is 5.69 Å². The summed E-state index contributed by atoms with van der Waals surface area (Å²) in [7, 11) is 0. The molecule has 0 aliphatic rings. The number of halogens is 2. The minimum Gasteiger partial charge on any atom is -0.493 e. The molecule has 0 N–H and O–H groups in total. The number of hydrogen-bond acceptors (Lipinski definition) is 4. The summed E-state index contributed by atoms with van der Waals surface area (Å²) < 4.78 is 6.19. The van der Waals surface area contributed by atoms with Gasteiger partial charge in [-0.05, 0) is 28.9 Å². The Bertz CT molecular complexity index is 624. The van der Waals surface area contributed by atoms with Crippen molar-refractivity contribution in [1.82, 2.24) is 10.2 Å². The molecule has 17 heavy (non-hydrogen) atoms. The third-order valence-corrected chi connectivity index (χ3v) is 3.16. The summed E-state index contributed by atoms with van der Waals surface area (Å²) >= 11 is 9.44. The molecule has 0 saturated heterocycles. The molecule has 0 atom stereocenters. The van der Waals surface area contributed by atoms with Gasteiger partial charge in [-0.1, -0.05) is 11.6 Å². The fourth-order valence-electron chi connectivity index (χ4n) is 1.41. The number of nitriles is 1. The first kappa shape index (κ1) is 12.1. The van der Waals surface area contributed by atoms with Crippen molar-refractivity contribution in [1.29, 1.82) is 5.26 Å². The molecule has 0 spiro atoms. The normalized spacial score (nSPS) is 10.2. The predicted octanol–water partition coefficient (Wildman–Crippen LogP) is 3.32. The minimum atomic E-state index is 0.121. The lowest BCUT2D eigenvalue weighted by Gasteiger charge is -2.07. The Labute approximate surface area is 111 Å². The van der Waals surface area contributed by atoms with E-state index < -0.39 is 0 Å². The van der Waals surface area contributed by atoms with Crippen LogP contribution in [0.5, 0.6) is 5.75 Å². The molecule has 0 saturated carbocycles. The molecule has 6 heteroatoms. The zero-order valence-electron chi connectivity index (χ0n) is 8.87. The average Bonchev–Trinajstić information content (AvgIpc) is 2.32. The highest BCUT2D eigenvalue weighted by Gasteiger charge is 2.11. The van der Waals surface area contributed by atoms with E-state index in [1.165, 1.54) is 0 Å². The third-order valence-electron chi connectivity index (χ3n) is 2.16. The zero-order chi connectivity index (χ0) is 12.4. The predicted molar refractivity (Wildman–Crippen MR) is 68.1 cm³/mol. The molecule has 2 aromatic rings. The SMILES string of the molecule is CCOc1cc2nnc(C#N)c(Cl)c2cc1Br. The van der Waals surface area contributed by atoms with Crippen LogP contribution >= 0.6 is 27.5 Å². The van der Waals surface area contributed by atoms with Gasteiger partial charge in [-0.25, -0.2) is 0 Å². The summed E-state index contributed by atoms with van der Waals surface area (Å²) in [6, 6.07) is 5.41. The van der Waals surface area contributed by atoms with E-state index >= 15 is 0 Å². The van der Waals surface area contributed by atoms with Crippen molar-refractivity contribution in [2.45, 2.75) is 6.92 Å². The highest BCUT2D eigenvalue weighted by molar-refractivity contribution is 9.10. The molecule has 0 radical (unpaired) electrons. The Kier molecular flexibility index (Phi) is 3.46. The van der Waals surface area contributed by atoms with Crippen LogP contribution in [0.15, 0.2) is 16.6 Å². The van der Waals surface area contributed by atoms with Gasteiger partial charge in [0.25, 0.3) is 0 Å². The molecule has 2 rings (SSSR count). The van der Waals surface area contributed by atoms with E-state index in [9.17, 15) is 0 Å². The molecule has 0 bridgehead atoms. The molecule has 4 nitrogen and oxygen atoms in total. The number of rotatable bonds is 2. The first-order chi connectivity index (χ1) is 8.17. The molecule has 1 aromatic carbocycles. The van der Waals surface area contributed by atoms with Gasteiger partial charge in [0.05, 0.1) is 21.6 Å². The number of nitrogens with zero attached hydrogens (tertiary/aromatic N) is 3. The van der Waals surface area contributed by atoms with Gasteiger partial charge in [0.2, 0.25) is 0 Å². The molecule has 0 fully saturated rings. The van der Waals surface area contributed by atoms with Crippen LogP contribution in [0.25, 0.3) is 10.9 Å². The number of fused-ring (bicyclic) bond motifs is 1. The summed E-state index contributed by atoms with van der Waals surface area (Å²) in [4.78, 5) is 0. The van der Waals surface area contributed by atoms with Gasteiger partial charge >= 0.3 is 0 Å². The van der Waals surface area contributed by atoms with Gasteiger partial charge in [-0.2, -0.15) is 5.26 Å². The van der Waals surface area contributed by atoms with E-state index in [1.807, 2.05) is 13.0 Å². The highest BCUT2D eigenvalue weighted by Crippen LogP contribution is 2.33. The lowest BCUT2D eigenvalue weighted by atomic mass is 10.2. The second-order valence-corrected chi connectivity index (χ2v) is 4.44. The molecule has 1 aromatic heterocycles. The molecule has 0 amide bonds. The Morgan fingerprint density at radius 3 is 2.88 bits per heavy atom. The number of hydrogen-bond donors (Lipinski definition) is 0. The van der Waals surface area contributed by atoms with Crippen LogP contribution in [0.2, 0.25) is 5.02 Å². The van der Waals surface area contributed by atoms with Crippen LogP contribution in [0.3, 0.4) is 0 Å². The van der Waals surface area contributed by atoms with Crippen molar-refractivity contribution in [3.05, 3.63) is 27.3 Å². The van der Waals surface area contributed by atoms with E-state index in [0.29, 0.717) is 28.3 Å². The van der Waals surface area contributed by atoms with Crippen LogP contribution in [-0.4, -0.2) is 16.8 Å². The second kappa shape index (κ2) is 4.86. The lowest BCUT2D eigenvalue weighted by molar-refractivity contribution is 0.338. The zero-order valence-corrected chi connectivity index (χ0v) is 11.2. The fraction of sp³-hybridized carbons (Fsp3) is 0.182. The smallest absolute Gasteiger partial charge is 0.182 e. The summed E-state index contributed by atoms with van der Waals surface area (Å²) in [5.74, 6) is 0.676. The lowest BCUT2D eigenvalue weighted by Crippen LogP contribution is -1.95.